The van der Waals surface area contributed by atoms with Crippen molar-refractivity contribution in [2.24, 2.45) is 0 Å². The first-order chi connectivity index (χ1) is 7.02. The quantitative estimate of drug-likeness (QED) is 0.825. The van der Waals surface area contributed by atoms with E-state index < -0.39 is 5.97 Å². The molecule has 5 heteroatoms. The lowest BCUT2D eigenvalue weighted by Gasteiger charge is -2.03. The van der Waals surface area contributed by atoms with Crippen LogP contribution in [0.5, 0.6) is 5.88 Å². The molecule has 1 N–H and O–H groups in total. The molecular formula is C10H16N2O3. The Morgan fingerprint density at radius 1 is 1.60 bits per heavy atom. The Balaban J connectivity index is 3.40. The molecule has 0 atom stereocenters. The molecule has 1 heterocycles. The number of aromatic nitrogens is 2. The van der Waals surface area contributed by atoms with Crippen molar-refractivity contribution >= 4 is 5.97 Å². The van der Waals surface area contributed by atoms with Crippen molar-refractivity contribution in [2.45, 2.75) is 33.2 Å². The second-order valence-electron chi connectivity index (χ2n) is 3.55. The van der Waals surface area contributed by atoms with Crippen LogP contribution in [0.2, 0.25) is 0 Å². The van der Waals surface area contributed by atoms with Gasteiger partial charge in [0, 0.05) is 6.54 Å². The molecule has 0 spiro atoms. The molecule has 0 aliphatic carbocycles. The van der Waals surface area contributed by atoms with Crippen molar-refractivity contribution in [3.63, 3.8) is 0 Å². The molecule has 0 radical (unpaired) electrons. The summed E-state index contributed by atoms with van der Waals surface area (Å²) >= 11 is 0. The zero-order valence-electron chi connectivity index (χ0n) is 9.44. The second-order valence-corrected chi connectivity index (χ2v) is 3.55. The molecular weight excluding hydrogens is 196 g/mol. The third kappa shape index (κ3) is 1.95. The average molecular weight is 212 g/mol. The summed E-state index contributed by atoms with van der Waals surface area (Å²) in [5.74, 6) is -0.596. The van der Waals surface area contributed by atoms with Crippen molar-refractivity contribution < 1.29 is 14.6 Å². The third-order valence-corrected chi connectivity index (χ3v) is 2.19. The van der Waals surface area contributed by atoms with Gasteiger partial charge in [-0.15, -0.1) is 0 Å². The maximum absolute atomic E-state index is 11.1. The summed E-state index contributed by atoms with van der Waals surface area (Å²) < 4.78 is 6.65. The van der Waals surface area contributed by atoms with Gasteiger partial charge in [-0.05, 0) is 12.8 Å². The van der Waals surface area contributed by atoms with Gasteiger partial charge in [0.05, 0.1) is 12.8 Å². The van der Waals surface area contributed by atoms with E-state index in [0.717, 1.165) is 0 Å². The van der Waals surface area contributed by atoms with E-state index in [9.17, 15) is 4.79 Å². The lowest BCUT2D eigenvalue weighted by Crippen LogP contribution is -2.04. The first-order valence-corrected chi connectivity index (χ1v) is 4.90. The summed E-state index contributed by atoms with van der Waals surface area (Å²) in [6.07, 6.45) is 0. The number of carboxylic acids is 1. The van der Waals surface area contributed by atoms with E-state index >= 15 is 0 Å². The lowest BCUT2D eigenvalue weighted by molar-refractivity contribution is 0.0691. The number of methoxy groups -OCH3 is 1. The molecule has 0 aromatic carbocycles. The van der Waals surface area contributed by atoms with Crippen LogP contribution in [-0.2, 0) is 6.54 Å². The predicted octanol–water partition coefficient (Wildman–Crippen LogP) is 1.73. The molecule has 1 rings (SSSR count). The Labute approximate surface area is 88.7 Å². The molecule has 0 saturated heterocycles. The van der Waals surface area contributed by atoms with Crippen LogP contribution < -0.4 is 4.74 Å². The Morgan fingerprint density at radius 3 is 2.53 bits per heavy atom. The molecule has 0 unspecified atom stereocenters. The number of carboxylic acid groups (broad SMARTS) is 1. The maximum atomic E-state index is 11.1. The Kier molecular flexibility index (Phi) is 3.34. The smallest absolute Gasteiger partial charge is 0.343 e. The summed E-state index contributed by atoms with van der Waals surface area (Å²) in [4.78, 5) is 11.1. The molecule has 0 fully saturated rings. The van der Waals surface area contributed by atoms with Crippen LogP contribution >= 0.6 is 0 Å². The number of aryl methyl sites for hydroxylation is 1. The van der Waals surface area contributed by atoms with Gasteiger partial charge in [-0.1, -0.05) is 13.8 Å². The third-order valence-electron chi connectivity index (χ3n) is 2.19. The van der Waals surface area contributed by atoms with Crippen LogP contribution in [0.25, 0.3) is 0 Å². The van der Waals surface area contributed by atoms with Crippen molar-refractivity contribution in [2.75, 3.05) is 7.11 Å². The lowest BCUT2D eigenvalue weighted by atomic mass is 10.1. The highest BCUT2D eigenvalue weighted by molar-refractivity contribution is 5.91. The van der Waals surface area contributed by atoms with Gasteiger partial charge in [0.2, 0.25) is 5.88 Å². The van der Waals surface area contributed by atoms with E-state index in [0.29, 0.717) is 18.1 Å². The molecule has 0 aliphatic rings. The number of aromatic carboxylic acids is 1. The largest absolute Gasteiger partial charge is 0.481 e. The molecule has 0 amide bonds. The van der Waals surface area contributed by atoms with Crippen LogP contribution in [0, 0.1) is 0 Å². The first-order valence-electron chi connectivity index (χ1n) is 4.90. The fraction of sp³-hybridized carbons (Fsp3) is 0.600. The molecule has 0 saturated carbocycles. The Bertz CT molecular complexity index is 369. The molecule has 1 aromatic rings. The highest BCUT2D eigenvalue weighted by atomic mass is 16.5. The standard InChI is InChI=1S/C10H16N2O3/c1-5-12-9(15-4)7(10(13)14)8(11-12)6(2)3/h6H,5H2,1-4H3,(H,13,14). The van der Waals surface area contributed by atoms with E-state index in [2.05, 4.69) is 5.10 Å². The Hall–Kier alpha value is -1.52. The number of ether oxygens (including phenoxy) is 1. The van der Waals surface area contributed by atoms with Gasteiger partial charge in [0.1, 0.15) is 5.56 Å². The topological polar surface area (TPSA) is 64.4 Å². The minimum atomic E-state index is -0.991. The zero-order chi connectivity index (χ0) is 11.6. The van der Waals surface area contributed by atoms with Gasteiger partial charge in [-0.25, -0.2) is 9.48 Å². The summed E-state index contributed by atoms with van der Waals surface area (Å²) in [6.45, 7) is 6.31. The van der Waals surface area contributed by atoms with E-state index in [-0.39, 0.29) is 11.5 Å². The van der Waals surface area contributed by atoms with Crippen LogP contribution in [0.15, 0.2) is 0 Å². The normalized spacial score (nSPS) is 10.7. The van der Waals surface area contributed by atoms with E-state index in [1.807, 2.05) is 20.8 Å². The van der Waals surface area contributed by atoms with Crippen LogP contribution in [0.3, 0.4) is 0 Å². The Morgan fingerprint density at radius 2 is 2.20 bits per heavy atom. The summed E-state index contributed by atoms with van der Waals surface area (Å²) in [5.41, 5.74) is 0.746. The second kappa shape index (κ2) is 4.33. The van der Waals surface area contributed by atoms with Crippen molar-refractivity contribution in [3.8, 4) is 5.88 Å². The molecule has 0 bridgehead atoms. The summed E-state index contributed by atoms with van der Waals surface area (Å²) in [6, 6.07) is 0. The number of nitrogens with zero attached hydrogens (tertiary/aromatic N) is 2. The molecule has 15 heavy (non-hydrogen) atoms. The average Bonchev–Trinajstić information content (AvgIpc) is 2.55. The van der Waals surface area contributed by atoms with Gasteiger partial charge >= 0.3 is 5.97 Å². The fourth-order valence-corrected chi connectivity index (χ4v) is 1.49. The molecule has 5 nitrogen and oxygen atoms in total. The summed E-state index contributed by atoms with van der Waals surface area (Å²) in [7, 11) is 1.46. The van der Waals surface area contributed by atoms with E-state index in [4.69, 9.17) is 9.84 Å². The van der Waals surface area contributed by atoms with Gasteiger partial charge in [0.25, 0.3) is 0 Å². The van der Waals surface area contributed by atoms with Gasteiger partial charge < -0.3 is 9.84 Å². The number of hydrogen-bond acceptors (Lipinski definition) is 3. The van der Waals surface area contributed by atoms with E-state index in [1.165, 1.54) is 7.11 Å². The van der Waals surface area contributed by atoms with Crippen LogP contribution in [-0.4, -0.2) is 28.0 Å². The van der Waals surface area contributed by atoms with Crippen molar-refractivity contribution in [1.82, 2.24) is 9.78 Å². The molecule has 1 aromatic heterocycles. The first kappa shape index (κ1) is 11.6. The number of carbonyl (C=O) groups is 1. The van der Waals surface area contributed by atoms with Crippen LogP contribution in [0.1, 0.15) is 42.7 Å². The minimum absolute atomic E-state index is 0.0674. The monoisotopic (exact) mass is 212 g/mol. The highest BCUT2D eigenvalue weighted by Crippen LogP contribution is 2.27. The molecule has 84 valence electrons. The van der Waals surface area contributed by atoms with Gasteiger partial charge in [0.15, 0.2) is 0 Å². The number of hydrogen-bond donors (Lipinski definition) is 1. The highest BCUT2D eigenvalue weighted by Gasteiger charge is 2.25. The van der Waals surface area contributed by atoms with Crippen molar-refractivity contribution in [3.05, 3.63) is 11.3 Å². The van der Waals surface area contributed by atoms with Gasteiger partial charge in [-0.3, -0.25) is 0 Å². The minimum Gasteiger partial charge on any atom is -0.481 e. The SMILES string of the molecule is CCn1nc(C(C)C)c(C(=O)O)c1OC. The fourth-order valence-electron chi connectivity index (χ4n) is 1.49. The van der Waals surface area contributed by atoms with Crippen LogP contribution in [0.4, 0.5) is 0 Å². The van der Waals surface area contributed by atoms with Crippen molar-refractivity contribution in [1.29, 1.82) is 0 Å². The maximum Gasteiger partial charge on any atom is 0.343 e. The number of rotatable bonds is 4. The predicted molar refractivity (Wildman–Crippen MR) is 55.5 cm³/mol. The summed E-state index contributed by atoms with van der Waals surface area (Å²) in [5, 5.41) is 13.3. The van der Waals surface area contributed by atoms with Gasteiger partial charge in [-0.2, -0.15) is 5.10 Å². The van der Waals surface area contributed by atoms with E-state index in [1.54, 1.807) is 4.68 Å². The zero-order valence-corrected chi connectivity index (χ0v) is 9.44. The molecule has 0 aliphatic heterocycles.